The molecule has 0 atom stereocenters. The van der Waals surface area contributed by atoms with Crippen LogP contribution in [0.1, 0.15) is 12.7 Å². The highest BCUT2D eigenvalue weighted by Gasteiger charge is 2.05. The zero-order valence-corrected chi connectivity index (χ0v) is 10.9. The van der Waals surface area contributed by atoms with Crippen molar-refractivity contribution in [2.75, 3.05) is 11.9 Å². The monoisotopic (exact) mass is 269 g/mol. The fraction of sp³-hybridized carbons (Fsp3) is 0.273. The van der Waals surface area contributed by atoms with Gasteiger partial charge in [-0.25, -0.2) is 0 Å². The van der Waals surface area contributed by atoms with Crippen LogP contribution >= 0.6 is 23.4 Å². The molecule has 1 heterocycles. The van der Waals surface area contributed by atoms with Crippen LogP contribution in [0.5, 0.6) is 0 Å². The van der Waals surface area contributed by atoms with E-state index in [-0.39, 0.29) is 0 Å². The Balaban J connectivity index is 1.90. The third-order valence-corrected chi connectivity index (χ3v) is 3.24. The number of anilines is 1. The van der Waals surface area contributed by atoms with Gasteiger partial charge in [-0.1, -0.05) is 16.8 Å². The van der Waals surface area contributed by atoms with Crippen molar-refractivity contribution in [3.63, 3.8) is 0 Å². The molecule has 2 rings (SSSR count). The second-order valence-corrected chi connectivity index (χ2v) is 4.77. The Hall–Kier alpha value is -1.20. The normalized spacial score (nSPS) is 10.5. The SMILES string of the molecule is CCNc1nc(CSc2ccc(Cl)cc2)no1. The second-order valence-electron chi connectivity index (χ2n) is 3.29. The second kappa shape index (κ2) is 5.93. The molecule has 90 valence electrons. The predicted octanol–water partition coefficient (Wildman–Crippen LogP) is 3.45. The fourth-order valence-corrected chi connectivity index (χ4v) is 2.08. The van der Waals surface area contributed by atoms with Crippen LogP contribution in [0.25, 0.3) is 0 Å². The summed E-state index contributed by atoms with van der Waals surface area (Å²) in [6.07, 6.45) is 0. The lowest BCUT2D eigenvalue weighted by molar-refractivity contribution is 0.425. The van der Waals surface area contributed by atoms with Gasteiger partial charge in [0.15, 0.2) is 5.82 Å². The molecule has 1 aromatic heterocycles. The van der Waals surface area contributed by atoms with Crippen LogP contribution in [-0.4, -0.2) is 16.7 Å². The van der Waals surface area contributed by atoms with E-state index in [0.717, 1.165) is 16.5 Å². The van der Waals surface area contributed by atoms with Crippen LogP contribution in [0.2, 0.25) is 5.02 Å². The van der Waals surface area contributed by atoms with E-state index in [1.807, 2.05) is 31.2 Å². The van der Waals surface area contributed by atoms with Crippen LogP contribution in [-0.2, 0) is 5.75 Å². The lowest BCUT2D eigenvalue weighted by Gasteiger charge is -1.97. The number of nitrogens with zero attached hydrogens (tertiary/aromatic N) is 2. The van der Waals surface area contributed by atoms with Crippen LogP contribution < -0.4 is 5.32 Å². The van der Waals surface area contributed by atoms with E-state index in [9.17, 15) is 0 Å². The van der Waals surface area contributed by atoms with Crippen molar-refractivity contribution in [1.82, 2.24) is 10.1 Å². The summed E-state index contributed by atoms with van der Waals surface area (Å²) in [5.74, 6) is 1.36. The van der Waals surface area contributed by atoms with Crippen LogP contribution in [0.15, 0.2) is 33.7 Å². The first kappa shape index (κ1) is 12.3. The first-order valence-corrected chi connectivity index (χ1v) is 6.59. The number of hydrogen-bond donors (Lipinski definition) is 1. The molecule has 0 saturated carbocycles. The average Bonchev–Trinajstić information content (AvgIpc) is 2.77. The molecule has 0 amide bonds. The topological polar surface area (TPSA) is 51.0 Å². The molecule has 4 nitrogen and oxygen atoms in total. The molecular weight excluding hydrogens is 258 g/mol. The molecule has 0 radical (unpaired) electrons. The summed E-state index contributed by atoms with van der Waals surface area (Å²) in [6.45, 7) is 2.75. The molecule has 6 heteroatoms. The van der Waals surface area contributed by atoms with Gasteiger partial charge in [-0.2, -0.15) is 4.98 Å². The van der Waals surface area contributed by atoms with Crippen molar-refractivity contribution in [3.05, 3.63) is 35.1 Å². The van der Waals surface area contributed by atoms with Crippen LogP contribution in [0, 0.1) is 0 Å². The number of rotatable bonds is 5. The van der Waals surface area contributed by atoms with Gasteiger partial charge in [-0.05, 0) is 31.2 Å². The highest BCUT2D eigenvalue weighted by Crippen LogP contribution is 2.23. The zero-order chi connectivity index (χ0) is 12.1. The van der Waals surface area contributed by atoms with Crippen molar-refractivity contribution in [3.8, 4) is 0 Å². The number of benzene rings is 1. The molecule has 0 bridgehead atoms. The Morgan fingerprint density at radius 2 is 2.12 bits per heavy atom. The van der Waals surface area contributed by atoms with Crippen molar-refractivity contribution >= 4 is 29.4 Å². The number of aromatic nitrogens is 2. The Labute approximate surface area is 109 Å². The van der Waals surface area contributed by atoms with Crippen molar-refractivity contribution in [2.45, 2.75) is 17.6 Å². The Morgan fingerprint density at radius 3 is 2.82 bits per heavy atom. The fourth-order valence-electron chi connectivity index (χ4n) is 1.21. The van der Waals surface area contributed by atoms with E-state index in [2.05, 4.69) is 15.5 Å². The standard InChI is InChI=1S/C11H12ClN3OS/c1-2-13-11-14-10(15-16-11)7-17-9-5-3-8(12)4-6-9/h3-6H,2,7H2,1H3,(H,13,14,15). The molecule has 0 aliphatic rings. The van der Waals surface area contributed by atoms with E-state index < -0.39 is 0 Å². The maximum absolute atomic E-state index is 5.81. The molecule has 0 saturated heterocycles. The summed E-state index contributed by atoms with van der Waals surface area (Å²) in [7, 11) is 0. The quantitative estimate of drug-likeness (QED) is 0.843. The minimum absolute atomic E-state index is 0.471. The molecule has 0 unspecified atom stereocenters. The lowest BCUT2D eigenvalue weighted by Crippen LogP contribution is -1.96. The summed E-state index contributed by atoms with van der Waals surface area (Å²) >= 11 is 7.45. The van der Waals surface area contributed by atoms with Crippen molar-refractivity contribution < 1.29 is 4.52 Å². The molecule has 0 aliphatic carbocycles. The number of nitrogens with one attached hydrogen (secondary N) is 1. The van der Waals surface area contributed by atoms with E-state index in [1.54, 1.807) is 11.8 Å². The third-order valence-electron chi connectivity index (χ3n) is 1.98. The molecule has 0 aliphatic heterocycles. The summed E-state index contributed by atoms with van der Waals surface area (Å²) in [4.78, 5) is 5.33. The molecule has 1 N–H and O–H groups in total. The Morgan fingerprint density at radius 1 is 1.35 bits per heavy atom. The third kappa shape index (κ3) is 3.64. The number of thioether (sulfide) groups is 1. The first-order valence-electron chi connectivity index (χ1n) is 5.22. The van der Waals surface area contributed by atoms with Gasteiger partial charge in [-0.3, -0.25) is 0 Å². The largest absolute Gasteiger partial charge is 0.338 e. The molecule has 1 aromatic carbocycles. The number of hydrogen-bond acceptors (Lipinski definition) is 5. The molecular formula is C11H12ClN3OS. The van der Waals surface area contributed by atoms with Gasteiger partial charge in [0.25, 0.3) is 0 Å². The number of halogens is 1. The van der Waals surface area contributed by atoms with E-state index in [4.69, 9.17) is 16.1 Å². The summed E-state index contributed by atoms with van der Waals surface area (Å²) in [5, 5.41) is 7.58. The van der Waals surface area contributed by atoms with Gasteiger partial charge in [0.1, 0.15) is 0 Å². The molecule has 0 spiro atoms. The maximum Gasteiger partial charge on any atom is 0.321 e. The zero-order valence-electron chi connectivity index (χ0n) is 9.31. The Kier molecular flexibility index (Phi) is 4.28. The van der Waals surface area contributed by atoms with Gasteiger partial charge in [0.2, 0.25) is 0 Å². The van der Waals surface area contributed by atoms with Gasteiger partial charge in [0.05, 0.1) is 5.75 Å². The molecule has 17 heavy (non-hydrogen) atoms. The summed E-state index contributed by atoms with van der Waals surface area (Å²) in [6, 6.07) is 8.14. The molecule has 2 aromatic rings. The van der Waals surface area contributed by atoms with E-state index in [0.29, 0.717) is 17.6 Å². The maximum atomic E-state index is 5.81. The van der Waals surface area contributed by atoms with E-state index in [1.165, 1.54) is 0 Å². The highest BCUT2D eigenvalue weighted by molar-refractivity contribution is 7.98. The van der Waals surface area contributed by atoms with Gasteiger partial charge >= 0.3 is 6.01 Å². The molecule has 0 fully saturated rings. The van der Waals surface area contributed by atoms with E-state index >= 15 is 0 Å². The highest BCUT2D eigenvalue weighted by atomic mass is 35.5. The summed E-state index contributed by atoms with van der Waals surface area (Å²) in [5.41, 5.74) is 0. The minimum Gasteiger partial charge on any atom is -0.338 e. The van der Waals surface area contributed by atoms with Gasteiger partial charge in [-0.15, -0.1) is 11.8 Å². The smallest absolute Gasteiger partial charge is 0.321 e. The van der Waals surface area contributed by atoms with Crippen LogP contribution in [0.3, 0.4) is 0 Å². The lowest BCUT2D eigenvalue weighted by atomic mass is 10.4. The first-order chi connectivity index (χ1) is 8.28. The van der Waals surface area contributed by atoms with Crippen molar-refractivity contribution in [1.29, 1.82) is 0 Å². The van der Waals surface area contributed by atoms with Crippen LogP contribution in [0.4, 0.5) is 6.01 Å². The van der Waals surface area contributed by atoms with Gasteiger partial charge in [0, 0.05) is 16.5 Å². The van der Waals surface area contributed by atoms with Crippen molar-refractivity contribution in [2.24, 2.45) is 0 Å². The van der Waals surface area contributed by atoms with Gasteiger partial charge < -0.3 is 9.84 Å². The average molecular weight is 270 g/mol. The Bertz CT molecular complexity index is 472. The summed E-state index contributed by atoms with van der Waals surface area (Å²) < 4.78 is 5.01. The minimum atomic E-state index is 0.471. The predicted molar refractivity (Wildman–Crippen MR) is 69.5 cm³/mol.